The summed E-state index contributed by atoms with van der Waals surface area (Å²) in [5.41, 5.74) is 0.362. The number of benzene rings is 1. The van der Waals surface area contributed by atoms with E-state index in [1.807, 2.05) is 12.1 Å². The lowest BCUT2D eigenvalue weighted by Gasteiger charge is -2.15. The van der Waals surface area contributed by atoms with Crippen molar-refractivity contribution in [2.75, 3.05) is 5.32 Å². The van der Waals surface area contributed by atoms with Gasteiger partial charge in [0.25, 0.3) is 0 Å². The van der Waals surface area contributed by atoms with Gasteiger partial charge >= 0.3 is 5.97 Å². The summed E-state index contributed by atoms with van der Waals surface area (Å²) in [7, 11) is 0. The lowest BCUT2D eigenvalue weighted by Crippen LogP contribution is -2.28. The molecular formula is C13H13ClN2O2S. The van der Waals surface area contributed by atoms with Crippen molar-refractivity contribution in [3.05, 3.63) is 40.4 Å². The number of aromatic nitrogens is 1. The highest BCUT2D eigenvalue weighted by Gasteiger charge is 2.32. The van der Waals surface area contributed by atoms with E-state index in [4.69, 9.17) is 16.7 Å². The average molecular weight is 297 g/mol. The fourth-order valence-corrected chi connectivity index (χ4v) is 2.51. The number of thiazole rings is 1. The van der Waals surface area contributed by atoms with Gasteiger partial charge in [0, 0.05) is 16.1 Å². The summed E-state index contributed by atoms with van der Waals surface area (Å²) in [6, 6.07) is 7.27. The summed E-state index contributed by atoms with van der Waals surface area (Å²) >= 11 is 7.26. The predicted molar refractivity (Wildman–Crippen MR) is 77.5 cm³/mol. The third kappa shape index (κ3) is 3.05. The summed E-state index contributed by atoms with van der Waals surface area (Å²) in [6.45, 7) is 3.26. The molecule has 100 valence electrons. The molecule has 0 spiro atoms. The van der Waals surface area contributed by atoms with Gasteiger partial charge in [-0.1, -0.05) is 17.7 Å². The largest absolute Gasteiger partial charge is 0.481 e. The van der Waals surface area contributed by atoms with Crippen LogP contribution in [0.25, 0.3) is 0 Å². The van der Waals surface area contributed by atoms with E-state index in [9.17, 15) is 4.79 Å². The minimum atomic E-state index is -0.995. The van der Waals surface area contributed by atoms with E-state index in [0.29, 0.717) is 15.8 Å². The van der Waals surface area contributed by atoms with Crippen molar-refractivity contribution in [3.8, 4) is 0 Å². The highest BCUT2D eigenvalue weighted by molar-refractivity contribution is 7.13. The molecule has 0 bridgehead atoms. The maximum atomic E-state index is 11.2. The topological polar surface area (TPSA) is 62.2 Å². The molecule has 1 heterocycles. The van der Waals surface area contributed by atoms with Crippen molar-refractivity contribution in [2.24, 2.45) is 0 Å². The number of nitrogens with zero attached hydrogens (tertiary/aromatic N) is 1. The van der Waals surface area contributed by atoms with Crippen LogP contribution in [0, 0.1) is 0 Å². The number of carboxylic acid groups (broad SMARTS) is 1. The van der Waals surface area contributed by atoms with E-state index < -0.39 is 11.4 Å². The standard InChI is InChI=1S/C13H13ClN2O2S/c1-13(2,11(17)18)10-7-19-12(16-10)15-9-5-3-4-8(14)6-9/h3-7H,1-2H3,(H,15,16)(H,17,18). The maximum Gasteiger partial charge on any atom is 0.315 e. The zero-order valence-corrected chi connectivity index (χ0v) is 12.0. The van der Waals surface area contributed by atoms with E-state index in [1.165, 1.54) is 11.3 Å². The fraction of sp³-hybridized carbons (Fsp3) is 0.231. The van der Waals surface area contributed by atoms with E-state index in [1.54, 1.807) is 31.4 Å². The molecule has 6 heteroatoms. The molecule has 0 atom stereocenters. The average Bonchev–Trinajstić information content (AvgIpc) is 2.78. The Balaban J connectivity index is 2.20. The lowest BCUT2D eigenvalue weighted by molar-refractivity contribution is -0.142. The number of anilines is 2. The van der Waals surface area contributed by atoms with E-state index in [0.717, 1.165) is 5.69 Å². The third-order valence-corrected chi connectivity index (χ3v) is 3.75. The van der Waals surface area contributed by atoms with Crippen molar-refractivity contribution in [3.63, 3.8) is 0 Å². The number of hydrogen-bond acceptors (Lipinski definition) is 4. The SMILES string of the molecule is CC(C)(C(=O)O)c1csc(Nc2cccc(Cl)c2)n1. The van der Waals surface area contributed by atoms with Crippen LogP contribution in [0.1, 0.15) is 19.5 Å². The highest BCUT2D eigenvalue weighted by Crippen LogP contribution is 2.29. The highest BCUT2D eigenvalue weighted by atomic mass is 35.5. The summed E-state index contributed by atoms with van der Waals surface area (Å²) < 4.78 is 0. The van der Waals surface area contributed by atoms with E-state index in [2.05, 4.69) is 10.3 Å². The summed E-state index contributed by atoms with van der Waals surface area (Å²) in [4.78, 5) is 15.5. The van der Waals surface area contributed by atoms with Gasteiger partial charge in [-0.25, -0.2) is 4.98 Å². The molecule has 0 amide bonds. The van der Waals surface area contributed by atoms with Crippen molar-refractivity contribution >= 4 is 39.7 Å². The number of hydrogen-bond donors (Lipinski definition) is 2. The van der Waals surface area contributed by atoms with Crippen LogP contribution >= 0.6 is 22.9 Å². The fourth-order valence-electron chi connectivity index (χ4n) is 1.42. The third-order valence-electron chi connectivity index (χ3n) is 2.76. The summed E-state index contributed by atoms with van der Waals surface area (Å²) in [5.74, 6) is -0.896. The van der Waals surface area contributed by atoms with E-state index in [-0.39, 0.29) is 0 Å². The zero-order valence-electron chi connectivity index (χ0n) is 10.5. The molecule has 0 aliphatic heterocycles. The molecular weight excluding hydrogens is 284 g/mol. The molecule has 2 aromatic rings. The van der Waals surface area contributed by atoms with Crippen LogP contribution in [0.5, 0.6) is 0 Å². The van der Waals surface area contributed by atoms with Gasteiger partial charge in [-0.3, -0.25) is 4.79 Å². The second-order valence-electron chi connectivity index (χ2n) is 4.60. The Hall–Kier alpha value is -1.59. The first-order valence-electron chi connectivity index (χ1n) is 5.61. The van der Waals surface area contributed by atoms with Crippen LogP contribution in [0.15, 0.2) is 29.6 Å². The first-order valence-corrected chi connectivity index (χ1v) is 6.87. The van der Waals surface area contributed by atoms with E-state index >= 15 is 0 Å². The number of carboxylic acids is 1. The Morgan fingerprint density at radius 3 is 2.84 bits per heavy atom. The van der Waals surface area contributed by atoms with Crippen LogP contribution < -0.4 is 5.32 Å². The van der Waals surface area contributed by atoms with Gasteiger partial charge in [0.05, 0.1) is 5.69 Å². The van der Waals surface area contributed by atoms with Gasteiger partial charge in [0.1, 0.15) is 5.41 Å². The predicted octanol–water partition coefficient (Wildman–Crippen LogP) is 3.90. The first-order chi connectivity index (χ1) is 8.89. The minimum Gasteiger partial charge on any atom is -0.481 e. The number of aliphatic carboxylic acids is 1. The first kappa shape index (κ1) is 13.8. The van der Waals surface area contributed by atoms with Crippen molar-refractivity contribution in [2.45, 2.75) is 19.3 Å². The molecule has 4 nitrogen and oxygen atoms in total. The van der Waals surface area contributed by atoms with Crippen molar-refractivity contribution < 1.29 is 9.90 Å². The van der Waals surface area contributed by atoms with Crippen molar-refractivity contribution in [1.29, 1.82) is 0 Å². The lowest BCUT2D eigenvalue weighted by atomic mass is 9.90. The van der Waals surface area contributed by atoms with Crippen LogP contribution in [-0.4, -0.2) is 16.1 Å². The number of halogens is 1. The molecule has 19 heavy (non-hydrogen) atoms. The Labute approximate surface area is 120 Å². The second kappa shape index (κ2) is 5.19. The van der Waals surface area contributed by atoms with Gasteiger partial charge in [-0.05, 0) is 32.0 Å². The molecule has 1 aromatic heterocycles. The van der Waals surface area contributed by atoms with Crippen molar-refractivity contribution in [1.82, 2.24) is 4.98 Å². The Bertz CT molecular complexity index is 610. The van der Waals surface area contributed by atoms with Crippen LogP contribution in [0.3, 0.4) is 0 Å². The molecule has 0 saturated heterocycles. The Morgan fingerprint density at radius 1 is 1.47 bits per heavy atom. The summed E-state index contributed by atoms with van der Waals surface area (Å²) in [6.07, 6.45) is 0. The van der Waals surface area contributed by atoms with Gasteiger partial charge in [0.15, 0.2) is 5.13 Å². The monoisotopic (exact) mass is 296 g/mol. The maximum absolute atomic E-state index is 11.2. The molecule has 2 rings (SSSR count). The van der Waals surface area contributed by atoms with Gasteiger partial charge in [0.2, 0.25) is 0 Å². The number of nitrogens with one attached hydrogen (secondary N) is 1. The molecule has 0 unspecified atom stereocenters. The minimum absolute atomic E-state index is 0.537. The quantitative estimate of drug-likeness (QED) is 0.898. The molecule has 0 aliphatic rings. The Morgan fingerprint density at radius 2 is 2.21 bits per heavy atom. The smallest absolute Gasteiger partial charge is 0.315 e. The molecule has 2 N–H and O–H groups in total. The zero-order chi connectivity index (χ0) is 14.0. The number of carbonyl (C=O) groups is 1. The molecule has 0 aliphatic carbocycles. The van der Waals surface area contributed by atoms with Crippen LogP contribution in [0.4, 0.5) is 10.8 Å². The molecule has 0 saturated carbocycles. The van der Waals surface area contributed by atoms with Crippen LogP contribution in [-0.2, 0) is 10.2 Å². The molecule has 0 fully saturated rings. The van der Waals surface area contributed by atoms with Gasteiger partial charge < -0.3 is 10.4 Å². The summed E-state index contributed by atoms with van der Waals surface area (Å²) in [5, 5.41) is 15.3. The van der Waals surface area contributed by atoms with Crippen LogP contribution in [0.2, 0.25) is 5.02 Å². The van der Waals surface area contributed by atoms with Gasteiger partial charge in [-0.15, -0.1) is 11.3 Å². The van der Waals surface area contributed by atoms with Gasteiger partial charge in [-0.2, -0.15) is 0 Å². The normalized spacial score (nSPS) is 11.3. The second-order valence-corrected chi connectivity index (χ2v) is 5.90. The molecule has 0 radical (unpaired) electrons. The Kier molecular flexibility index (Phi) is 3.78. The molecule has 1 aromatic carbocycles. The number of rotatable bonds is 4.